The first-order valence-corrected chi connectivity index (χ1v) is 9.22. The predicted octanol–water partition coefficient (Wildman–Crippen LogP) is 4.53. The minimum Gasteiger partial charge on any atom is -0.478 e. The minimum atomic E-state index is -0.893. The zero-order chi connectivity index (χ0) is 18.8. The van der Waals surface area contributed by atoms with Gasteiger partial charge in [0.25, 0.3) is 0 Å². The average Bonchev–Trinajstić information content (AvgIpc) is 3.09. The lowest BCUT2D eigenvalue weighted by Crippen LogP contribution is -2.13. The molecule has 3 aromatic rings. The summed E-state index contributed by atoms with van der Waals surface area (Å²) in [5, 5.41) is 12.9. The summed E-state index contributed by atoms with van der Waals surface area (Å²) in [6, 6.07) is 16.9. The van der Waals surface area contributed by atoms with Crippen LogP contribution in [0, 0.1) is 6.92 Å². The maximum atomic E-state index is 11.4. The van der Waals surface area contributed by atoms with E-state index in [0.717, 1.165) is 18.5 Å². The Kier molecular flexibility index (Phi) is 4.73. The van der Waals surface area contributed by atoms with E-state index in [0.29, 0.717) is 12.0 Å². The summed E-state index contributed by atoms with van der Waals surface area (Å²) in [5.74, 6) is -0.893. The van der Waals surface area contributed by atoms with Gasteiger partial charge in [-0.1, -0.05) is 36.4 Å². The number of rotatable bonds is 5. The van der Waals surface area contributed by atoms with Crippen LogP contribution in [0.15, 0.2) is 60.9 Å². The summed E-state index contributed by atoms with van der Waals surface area (Å²) in [5.41, 5.74) is 7.56. The number of benzene rings is 2. The Labute approximate surface area is 158 Å². The van der Waals surface area contributed by atoms with Gasteiger partial charge in [-0.3, -0.25) is 4.98 Å². The van der Waals surface area contributed by atoms with Crippen LogP contribution in [0.25, 0.3) is 11.1 Å². The number of aryl methyl sites for hydroxylation is 2. The van der Waals surface area contributed by atoms with Crippen LogP contribution in [0.5, 0.6) is 0 Å². The van der Waals surface area contributed by atoms with E-state index in [2.05, 4.69) is 59.7 Å². The number of carbonyl (C=O) groups is 1. The second-order valence-corrected chi connectivity index (χ2v) is 7.04. The molecule has 27 heavy (non-hydrogen) atoms. The lowest BCUT2D eigenvalue weighted by atomic mass is 9.93. The molecule has 4 heteroatoms. The van der Waals surface area contributed by atoms with Gasteiger partial charge in [0.2, 0.25) is 0 Å². The van der Waals surface area contributed by atoms with E-state index in [1.54, 1.807) is 12.3 Å². The molecule has 1 aliphatic rings. The van der Waals surface area contributed by atoms with Gasteiger partial charge in [-0.25, -0.2) is 4.79 Å². The number of fused-ring (bicyclic) bond motifs is 1. The summed E-state index contributed by atoms with van der Waals surface area (Å²) in [4.78, 5) is 15.5. The lowest BCUT2D eigenvalue weighted by Gasteiger charge is -2.14. The normalized spacial score (nSPS) is 15.5. The van der Waals surface area contributed by atoms with Crippen molar-refractivity contribution in [1.82, 2.24) is 10.3 Å². The summed E-state index contributed by atoms with van der Waals surface area (Å²) in [6.45, 7) is 2.98. The fraction of sp³-hybridized carbons (Fsp3) is 0.217. The Balaban J connectivity index is 1.53. The van der Waals surface area contributed by atoms with Crippen molar-refractivity contribution in [3.8, 4) is 11.1 Å². The van der Waals surface area contributed by atoms with Gasteiger partial charge in [0.1, 0.15) is 0 Å². The fourth-order valence-corrected chi connectivity index (χ4v) is 3.90. The SMILES string of the molecule is Cc1ccccc1-c1ccc2c(c1)CN[C@@H]2CCc1cnccc1C(=O)O. The van der Waals surface area contributed by atoms with Gasteiger partial charge in [0.15, 0.2) is 0 Å². The van der Waals surface area contributed by atoms with Crippen molar-refractivity contribution in [3.05, 3.63) is 88.7 Å². The highest BCUT2D eigenvalue weighted by atomic mass is 16.4. The van der Waals surface area contributed by atoms with E-state index in [1.807, 2.05) is 0 Å². The van der Waals surface area contributed by atoms with Crippen LogP contribution in [-0.4, -0.2) is 16.1 Å². The van der Waals surface area contributed by atoms with Crippen molar-refractivity contribution in [2.45, 2.75) is 32.4 Å². The zero-order valence-corrected chi connectivity index (χ0v) is 15.3. The number of hydrogen-bond donors (Lipinski definition) is 2. The van der Waals surface area contributed by atoms with Gasteiger partial charge in [-0.15, -0.1) is 0 Å². The molecular weight excluding hydrogens is 336 g/mol. The van der Waals surface area contributed by atoms with E-state index in [-0.39, 0.29) is 6.04 Å². The average molecular weight is 358 g/mol. The number of pyridine rings is 1. The van der Waals surface area contributed by atoms with Gasteiger partial charge in [0.05, 0.1) is 5.56 Å². The molecule has 0 radical (unpaired) electrons. The second kappa shape index (κ2) is 7.33. The van der Waals surface area contributed by atoms with Crippen LogP contribution in [-0.2, 0) is 13.0 Å². The molecule has 0 unspecified atom stereocenters. The standard InChI is InChI=1S/C23H22N2O2/c1-15-4-2-3-5-19(15)16-6-8-20-18(12-16)14-25-22(20)9-7-17-13-24-11-10-21(17)23(26)27/h2-6,8,10-13,22,25H,7,9,14H2,1H3,(H,26,27)/t22-/m1/s1. The van der Waals surface area contributed by atoms with Crippen LogP contribution < -0.4 is 5.32 Å². The highest BCUT2D eigenvalue weighted by Gasteiger charge is 2.23. The Morgan fingerprint density at radius 2 is 2.07 bits per heavy atom. The smallest absolute Gasteiger partial charge is 0.336 e. The fourth-order valence-electron chi connectivity index (χ4n) is 3.90. The van der Waals surface area contributed by atoms with Crippen molar-refractivity contribution < 1.29 is 9.90 Å². The zero-order valence-electron chi connectivity index (χ0n) is 15.3. The van der Waals surface area contributed by atoms with Crippen LogP contribution in [0.4, 0.5) is 0 Å². The molecule has 4 nitrogen and oxygen atoms in total. The maximum absolute atomic E-state index is 11.4. The number of aromatic nitrogens is 1. The van der Waals surface area contributed by atoms with Crippen LogP contribution >= 0.6 is 0 Å². The molecule has 1 aromatic heterocycles. The molecule has 136 valence electrons. The van der Waals surface area contributed by atoms with E-state index in [9.17, 15) is 9.90 Å². The molecule has 0 bridgehead atoms. The third kappa shape index (κ3) is 3.49. The monoisotopic (exact) mass is 358 g/mol. The number of hydrogen-bond acceptors (Lipinski definition) is 3. The van der Waals surface area contributed by atoms with Crippen LogP contribution in [0.1, 0.15) is 45.1 Å². The van der Waals surface area contributed by atoms with E-state index in [1.165, 1.54) is 34.0 Å². The van der Waals surface area contributed by atoms with Gasteiger partial charge in [-0.05, 0) is 65.3 Å². The number of nitrogens with one attached hydrogen (secondary N) is 1. The molecule has 4 rings (SSSR count). The van der Waals surface area contributed by atoms with Crippen molar-refractivity contribution >= 4 is 5.97 Å². The first-order valence-electron chi connectivity index (χ1n) is 9.22. The summed E-state index contributed by atoms with van der Waals surface area (Å²) < 4.78 is 0. The van der Waals surface area contributed by atoms with Crippen LogP contribution in [0.3, 0.4) is 0 Å². The second-order valence-electron chi connectivity index (χ2n) is 7.04. The number of carboxylic acids is 1. The lowest BCUT2D eigenvalue weighted by molar-refractivity contribution is 0.0695. The van der Waals surface area contributed by atoms with E-state index < -0.39 is 5.97 Å². The summed E-state index contributed by atoms with van der Waals surface area (Å²) in [7, 11) is 0. The van der Waals surface area contributed by atoms with E-state index in [4.69, 9.17) is 0 Å². The molecule has 0 amide bonds. The maximum Gasteiger partial charge on any atom is 0.336 e. The molecule has 0 fully saturated rings. The van der Waals surface area contributed by atoms with Crippen molar-refractivity contribution in [3.63, 3.8) is 0 Å². The van der Waals surface area contributed by atoms with Crippen molar-refractivity contribution in [2.24, 2.45) is 0 Å². The molecule has 0 saturated heterocycles. The third-order valence-corrected chi connectivity index (χ3v) is 5.35. The molecule has 0 saturated carbocycles. The highest BCUT2D eigenvalue weighted by Crippen LogP contribution is 2.33. The quantitative estimate of drug-likeness (QED) is 0.703. The molecule has 2 heterocycles. The van der Waals surface area contributed by atoms with E-state index >= 15 is 0 Å². The molecule has 2 aromatic carbocycles. The van der Waals surface area contributed by atoms with Crippen LogP contribution in [0.2, 0.25) is 0 Å². The van der Waals surface area contributed by atoms with Gasteiger partial charge >= 0.3 is 5.97 Å². The Morgan fingerprint density at radius 3 is 2.89 bits per heavy atom. The van der Waals surface area contributed by atoms with Crippen molar-refractivity contribution in [2.75, 3.05) is 0 Å². The largest absolute Gasteiger partial charge is 0.478 e. The Bertz CT molecular complexity index is 997. The molecule has 0 spiro atoms. The minimum absolute atomic E-state index is 0.243. The topological polar surface area (TPSA) is 62.2 Å². The molecule has 1 atom stereocenters. The van der Waals surface area contributed by atoms with Gasteiger partial charge in [0, 0.05) is 25.0 Å². The predicted molar refractivity (Wildman–Crippen MR) is 106 cm³/mol. The molecule has 2 N–H and O–H groups in total. The Hall–Kier alpha value is -2.98. The molecule has 1 aliphatic heterocycles. The number of aromatic carboxylic acids is 1. The van der Waals surface area contributed by atoms with Gasteiger partial charge < -0.3 is 10.4 Å². The number of carboxylic acid groups (broad SMARTS) is 1. The molecule has 0 aliphatic carbocycles. The summed E-state index contributed by atoms with van der Waals surface area (Å²) in [6.07, 6.45) is 4.73. The van der Waals surface area contributed by atoms with Crippen molar-refractivity contribution in [1.29, 1.82) is 0 Å². The first-order chi connectivity index (χ1) is 13.1. The molecular formula is C23H22N2O2. The van der Waals surface area contributed by atoms with Gasteiger partial charge in [-0.2, -0.15) is 0 Å². The first kappa shape index (κ1) is 17.4. The summed E-state index contributed by atoms with van der Waals surface area (Å²) >= 11 is 0. The Morgan fingerprint density at radius 1 is 1.22 bits per heavy atom. The number of nitrogens with zero attached hydrogens (tertiary/aromatic N) is 1. The third-order valence-electron chi connectivity index (χ3n) is 5.35. The highest BCUT2D eigenvalue weighted by molar-refractivity contribution is 5.89.